The Bertz CT molecular complexity index is 1090. The summed E-state index contributed by atoms with van der Waals surface area (Å²) in [5.74, 6) is -0.760. The van der Waals surface area contributed by atoms with Crippen molar-refractivity contribution in [2.24, 2.45) is 0 Å². The molecule has 0 saturated carbocycles. The third-order valence-corrected chi connectivity index (χ3v) is 6.62. The molecule has 0 atom stereocenters. The molecule has 2 heterocycles. The van der Waals surface area contributed by atoms with Crippen LogP contribution in [-0.2, 0) is 27.5 Å². The number of nitrogens with zero attached hydrogens (tertiary/aromatic N) is 2. The number of alkyl halides is 3. The van der Waals surface area contributed by atoms with Crippen LogP contribution < -0.4 is 10.9 Å². The fourth-order valence-electron chi connectivity index (χ4n) is 3.21. The van der Waals surface area contributed by atoms with Gasteiger partial charge in [0.2, 0.25) is 15.9 Å². The summed E-state index contributed by atoms with van der Waals surface area (Å²) in [6, 6.07) is 6.61. The van der Waals surface area contributed by atoms with E-state index in [2.05, 4.69) is 5.32 Å². The summed E-state index contributed by atoms with van der Waals surface area (Å²) in [6.07, 6.45) is -0.974. The maximum atomic E-state index is 12.8. The predicted molar refractivity (Wildman–Crippen MR) is 103 cm³/mol. The topological polar surface area (TPSA) is 88.5 Å². The zero-order chi connectivity index (χ0) is 21.9. The summed E-state index contributed by atoms with van der Waals surface area (Å²) in [5, 5.41) is 2.29. The van der Waals surface area contributed by atoms with Gasteiger partial charge in [0.1, 0.15) is 11.4 Å². The number of carbonyl (C=O) groups excluding carboxylic acids is 1. The van der Waals surface area contributed by atoms with Gasteiger partial charge in [-0.1, -0.05) is 12.5 Å². The highest BCUT2D eigenvalue weighted by atomic mass is 32.2. The highest BCUT2D eigenvalue weighted by molar-refractivity contribution is 7.89. The van der Waals surface area contributed by atoms with E-state index < -0.39 is 44.7 Å². The second-order valence-electron chi connectivity index (χ2n) is 6.90. The number of anilines is 1. The highest BCUT2D eigenvalue weighted by Crippen LogP contribution is 2.30. The Morgan fingerprint density at radius 1 is 1.07 bits per heavy atom. The quantitative estimate of drug-likeness (QED) is 0.770. The standard InChI is InChI=1S/C19H20F3N3O4S/c20-19(21,22)14-6-4-7-15(12-14)23-17(26)13-24-9-5-8-16(18(24)27)30(28,29)25-10-2-1-3-11-25/h4-9,12H,1-3,10-11,13H2,(H,23,26). The average Bonchev–Trinajstić information content (AvgIpc) is 2.69. The molecule has 3 rings (SSSR count). The van der Waals surface area contributed by atoms with Crippen LogP contribution in [0.5, 0.6) is 0 Å². The Hall–Kier alpha value is -2.66. The second kappa shape index (κ2) is 8.60. The first-order chi connectivity index (χ1) is 14.1. The molecule has 11 heteroatoms. The number of amides is 1. The molecule has 162 valence electrons. The fourth-order valence-corrected chi connectivity index (χ4v) is 4.81. The van der Waals surface area contributed by atoms with Crippen molar-refractivity contribution < 1.29 is 26.4 Å². The highest BCUT2D eigenvalue weighted by Gasteiger charge is 2.31. The van der Waals surface area contributed by atoms with Crippen LogP contribution in [0.1, 0.15) is 24.8 Å². The van der Waals surface area contributed by atoms with Crippen LogP contribution >= 0.6 is 0 Å². The maximum absolute atomic E-state index is 12.8. The van der Waals surface area contributed by atoms with Crippen LogP contribution in [0.25, 0.3) is 0 Å². The lowest BCUT2D eigenvalue weighted by Crippen LogP contribution is -2.39. The van der Waals surface area contributed by atoms with E-state index in [1.54, 1.807) is 0 Å². The first kappa shape index (κ1) is 22.0. The molecule has 1 fully saturated rings. The molecule has 2 aromatic rings. The van der Waals surface area contributed by atoms with Gasteiger partial charge < -0.3 is 9.88 Å². The number of nitrogens with one attached hydrogen (secondary N) is 1. The van der Waals surface area contributed by atoms with Gasteiger partial charge in [-0.25, -0.2) is 8.42 Å². The third-order valence-electron chi connectivity index (χ3n) is 4.71. The van der Waals surface area contributed by atoms with Crippen molar-refractivity contribution in [3.05, 3.63) is 58.5 Å². The number of halogens is 3. The van der Waals surface area contributed by atoms with Gasteiger partial charge in [-0.15, -0.1) is 0 Å². The van der Waals surface area contributed by atoms with Crippen molar-refractivity contribution in [3.63, 3.8) is 0 Å². The van der Waals surface area contributed by atoms with Crippen molar-refractivity contribution in [2.75, 3.05) is 18.4 Å². The largest absolute Gasteiger partial charge is 0.416 e. The number of carbonyl (C=O) groups is 1. The van der Waals surface area contributed by atoms with Gasteiger partial charge in [0.05, 0.1) is 5.56 Å². The normalized spacial score (nSPS) is 15.7. The fraction of sp³-hybridized carbons (Fsp3) is 0.368. The van der Waals surface area contributed by atoms with Crippen LogP contribution in [0.15, 0.2) is 52.3 Å². The number of rotatable bonds is 5. The summed E-state index contributed by atoms with van der Waals surface area (Å²) in [4.78, 5) is 24.5. The van der Waals surface area contributed by atoms with E-state index in [1.165, 1.54) is 28.7 Å². The van der Waals surface area contributed by atoms with E-state index in [9.17, 15) is 31.2 Å². The number of pyridine rings is 1. The van der Waals surface area contributed by atoms with Gasteiger partial charge in [-0.2, -0.15) is 17.5 Å². The van der Waals surface area contributed by atoms with E-state index in [0.29, 0.717) is 25.9 Å². The summed E-state index contributed by atoms with van der Waals surface area (Å²) in [5.41, 5.74) is -1.87. The molecule has 1 amide bonds. The monoisotopic (exact) mass is 443 g/mol. The van der Waals surface area contributed by atoms with Gasteiger partial charge in [-0.3, -0.25) is 9.59 Å². The number of sulfonamides is 1. The molecule has 0 unspecified atom stereocenters. The molecule has 30 heavy (non-hydrogen) atoms. The maximum Gasteiger partial charge on any atom is 0.416 e. The molecular weight excluding hydrogens is 423 g/mol. The van der Waals surface area contributed by atoms with E-state index >= 15 is 0 Å². The first-order valence-corrected chi connectivity index (χ1v) is 10.7. The molecule has 1 saturated heterocycles. The Morgan fingerprint density at radius 2 is 1.77 bits per heavy atom. The van der Waals surface area contributed by atoms with Gasteiger partial charge >= 0.3 is 6.18 Å². The molecular formula is C19H20F3N3O4S. The summed E-state index contributed by atoms with van der Waals surface area (Å²) >= 11 is 0. The first-order valence-electron chi connectivity index (χ1n) is 9.26. The van der Waals surface area contributed by atoms with Gasteiger partial charge in [-0.05, 0) is 43.2 Å². The molecule has 7 nitrogen and oxygen atoms in total. The van der Waals surface area contributed by atoms with E-state index in [4.69, 9.17) is 0 Å². The average molecular weight is 443 g/mol. The SMILES string of the molecule is O=C(Cn1cccc(S(=O)(=O)N2CCCCC2)c1=O)Nc1cccc(C(F)(F)F)c1. The van der Waals surface area contributed by atoms with Crippen molar-refractivity contribution in [3.8, 4) is 0 Å². The van der Waals surface area contributed by atoms with Gasteiger partial charge in [0.25, 0.3) is 5.56 Å². The van der Waals surface area contributed by atoms with E-state index in [-0.39, 0.29) is 5.69 Å². The number of hydrogen-bond donors (Lipinski definition) is 1. The van der Waals surface area contributed by atoms with Crippen LogP contribution in [0.4, 0.5) is 18.9 Å². The van der Waals surface area contributed by atoms with Crippen LogP contribution in [0.2, 0.25) is 0 Å². The van der Waals surface area contributed by atoms with Crippen molar-refractivity contribution in [1.82, 2.24) is 8.87 Å². The van der Waals surface area contributed by atoms with Crippen molar-refractivity contribution in [1.29, 1.82) is 0 Å². The van der Waals surface area contributed by atoms with Gasteiger partial charge in [0, 0.05) is 25.0 Å². The second-order valence-corrected chi connectivity index (χ2v) is 8.80. The molecule has 1 aliphatic rings. The number of hydrogen-bond acceptors (Lipinski definition) is 4. The summed E-state index contributed by atoms with van der Waals surface area (Å²) < 4.78 is 66.1. The minimum absolute atomic E-state index is 0.0834. The zero-order valence-electron chi connectivity index (χ0n) is 15.9. The molecule has 0 spiro atoms. The number of piperidine rings is 1. The van der Waals surface area contributed by atoms with Crippen LogP contribution in [-0.4, -0.2) is 36.3 Å². The molecule has 1 N–H and O–H groups in total. The Kier molecular flexibility index (Phi) is 6.32. The van der Waals surface area contributed by atoms with Gasteiger partial charge in [0.15, 0.2) is 0 Å². The number of aromatic nitrogens is 1. The van der Waals surface area contributed by atoms with E-state index in [0.717, 1.165) is 29.2 Å². The summed E-state index contributed by atoms with van der Waals surface area (Å²) in [6.45, 7) is 0.109. The van der Waals surface area contributed by atoms with Crippen molar-refractivity contribution in [2.45, 2.75) is 36.9 Å². The van der Waals surface area contributed by atoms with Crippen LogP contribution in [0.3, 0.4) is 0 Å². The molecule has 1 aromatic heterocycles. The minimum atomic E-state index is -4.56. The lowest BCUT2D eigenvalue weighted by molar-refractivity contribution is -0.137. The van der Waals surface area contributed by atoms with Crippen LogP contribution in [0, 0.1) is 0 Å². The minimum Gasteiger partial charge on any atom is -0.325 e. The smallest absolute Gasteiger partial charge is 0.325 e. The lowest BCUT2D eigenvalue weighted by Gasteiger charge is -2.25. The molecule has 1 aromatic carbocycles. The van der Waals surface area contributed by atoms with Crippen molar-refractivity contribution >= 4 is 21.6 Å². The molecule has 0 aliphatic carbocycles. The number of benzene rings is 1. The predicted octanol–water partition coefficient (Wildman–Crippen LogP) is 2.68. The molecule has 1 aliphatic heterocycles. The molecule has 0 bridgehead atoms. The summed E-state index contributed by atoms with van der Waals surface area (Å²) in [7, 11) is -3.99. The Balaban J connectivity index is 1.79. The third kappa shape index (κ3) is 4.90. The Morgan fingerprint density at radius 3 is 2.43 bits per heavy atom. The Labute approximate surface area is 171 Å². The van der Waals surface area contributed by atoms with E-state index in [1.807, 2.05) is 0 Å². The zero-order valence-corrected chi connectivity index (χ0v) is 16.7. The molecule has 0 radical (unpaired) electrons. The lowest BCUT2D eigenvalue weighted by atomic mass is 10.2.